The average molecular weight is 842 g/mol. The Labute approximate surface area is 346 Å². The number of hydrogen-bond donors (Lipinski definition) is 6. The van der Waals surface area contributed by atoms with Crippen LogP contribution in [0.5, 0.6) is 0 Å². The Bertz CT molecular complexity index is 2460. The molecule has 0 aliphatic carbocycles. The molecule has 3 aliphatic rings. The standard InChI is InChI=1S/C42H42F3N9O7/c43-42(44,45)29-21-36(57)49-22-28(29)38(58)50-32-20-26(7-8-30(32)46)25-4-1-3-24(19-25)23-53-17-15-52(16-18-53)14-13-48-34(55)11-12-47-31-6-2-5-27-37(31)41(61)54(40(27)60)33-9-10-35(56)51-39(33)59/h1-8,19-22,33,47H,9-18,23,46H2,(H,48,55)(H,49,57)(H,50,58)(H,51,56,59). The molecule has 6 amide bonds. The number of H-pyrrole nitrogens is 1. The molecule has 318 valence electrons. The monoisotopic (exact) mass is 841 g/mol. The fraction of sp³-hybridized carbons (Fsp3) is 0.310. The van der Waals surface area contributed by atoms with Gasteiger partial charge in [0.25, 0.3) is 17.7 Å². The Morgan fingerprint density at radius 3 is 2.33 bits per heavy atom. The number of piperidine rings is 1. The smallest absolute Gasteiger partial charge is 0.397 e. The molecule has 1 unspecified atom stereocenters. The molecule has 19 heteroatoms. The van der Waals surface area contributed by atoms with Crippen LogP contribution in [0.15, 0.2) is 77.7 Å². The zero-order valence-corrected chi connectivity index (χ0v) is 32.7. The number of nitrogens with two attached hydrogens (primary N) is 1. The number of rotatable bonds is 13. The zero-order chi connectivity index (χ0) is 43.4. The number of aromatic nitrogens is 1. The third kappa shape index (κ3) is 9.63. The third-order valence-corrected chi connectivity index (χ3v) is 10.8. The molecule has 0 bridgehead atoms. The molecule has 2 saturated heterocycles. The summed E-state index contributed by atoms with van der Waals surface area (Å²) in [6, 6.07) is 16.7. The zero-order valence-electron chi connectivity index (χ0n) is 32.7. The Kier molecular flexibility index (Phi) is 12.3. The van der Waals surface area contributed by atoms with Crippen molar-refractivity contribution >= 4 is 52.5 Å². The number of piperazine rings is 1. The minimum absolute atomic E-state index is 0.0209. The van der Waals surface area contributed by atoms with Crippen molar-refractivity contribution in [1.29, 1.82) is 0 Å². The van der Waals surface area contributed by atoms with Crippen molar-refractivity contribution in [3.05, 3.63) is 111 Å². The number of carbonyl (C=O) groups excluding carboxylic acids is 6. The Balaban J connectivity index is 0.849. The van der Waals surface area contributed by atoms with E-state index in [9.17, 15) is 46.7 Å². The summed E-state index contributed by atoms with van der Waals surface area (Å²) in [5.74, 6) is -3.64. The molecule has 3 aliphatic heterocycles. The Morgan fingerprint density at radius 1 is 0.836 bits per heavy atom. The minimum atomic E-state index is -4.92. The van der Waals surface area contributed by atoms with Crippen molar-refractivity contribution in [3.8, 4) is 11.1 Å². The van der Waals surface area contributed by atoms with Gasteiger partial charge in [-0.15, -0.1) is 0 Å². The quantitative estimate of drug-likeness (QED) is 0.0849. The number of fused-ring (bicyclic) bond motifs is 1. The molecule has 1 aromatic heterocycles. The summed E-state index contributed by atoms with van der Waals surface area (Å²) in [4.78, 5) is 95.1. The molecule has 2 fully saturated rings. The maximum absolute atomic E-state index is 13.6. The van der Waals surface area contributed by atoms with Gasteiger partial charge in [0.05, 0.1) is 33.6 Å². The van der Waals surface area contributed by atoms with Gasteiger partial charge in [-0.3, -0.25) is 53.6 Å². The molecule has 4 aromatic rings. The second kappa shape index (κ2) is 17.8. The van der Waals surface area contributed by atoms with Crippen molar-refractivity contribution in [2.45, 2.75) is 38.0 Å². The van der Waals surface area contributed by atoms with Gasteiger partial charge in [-0.1, -0.05) is 30.3 Å². The highest BCUT2D eigenvalue weighted by atomic mass is 19.4. The lowest BCUT2D eigenvalue weighted by Crippen LogP contribution is -2.54. The van der Waals surface area contributed by atoms with Crippen LogP contribution in [-0.4, -0.2) is 107 Å². The summed E-state index contributed by atoms with van der Waals surface area (Å²) in [5.41, 5.74) is 6.42. The number of anilines is 3. The molecule has 7 rings (SSSR count). The number of nitrogens with one attached hydrogen (secondary N) is 5. The van der Waals surface area contributed by atoms with E-state index in [-0.39, 0.29) is 54.2 Å². The third-order valence-electron chi connectivity index (χ3n) is 10.8. The van der Waals surface area contributed by atoms with E-state index < -0.39 is 58.4 Å². The van der Waals surface area contributed by atoms with E-state index in [2.05, 4.69) is 36.1 Å². The van der Waals surface area contributed by atoms with Gasteiger partial charge in [-0.05, 0) is 53.4 Å². The van der Waals surface area contributed by atoms with Crippen LogP contribution >= 0.6 is 0 Å². The number of pyridine rings is 1. The van der Waals surface area contributed by atoms with Crippen LogP contribution in [0.1, 0.15) is 61.5 Å². The van der Waals surface area contributed by atoms with Crippen LogP contribution in [0, 0.1) is 0 Å². The van der Waals surface area contributed by atoms with Crippen LogP contribution in [0.25, 0.3) is 11.1 Å². The van der Waals surface area contributed by atoms with Gasteiger partial charge in [-0.25, -0.2) is 0 Å². The maximum Gasteiger partial charge on any atom is 0.417 e. The fourth-order valence-electron chi connectivity index (χ4n) is 7.62. The first-order valence-corrected chi connectivity index (χ1v) is 19.6. The van der Waals surface area contributed by atoms with Gasteiger partial charge < -0.3 is 26.7 Å². The number of hydrogen-bond acceptors (Lipinski definition) is 11. The van der Waals surface area contributed by atoms with Crippen LogP contribution in [0.4, 0.5) is 30.2 Å². The van der Waals surface area contributed by atoms with Gasteiger partial charge in [-0.2, -0.15) is 13.2 Å². The van der Waals surface area contributed by atoms with Crippen LogP contribution in [-0.2, 0) is 27.1 Å². The predicted molar refractivity (Wildman–Crippen MR) is 217 cm³/mol. The van der Waals surface area contributed by atoms with Crippen LogP contribution in [0.2, 0.25) is 0 Å². The van der Waals surface area contributed by atoms with Gasteiger partial charge in [0.2, 0.25) is 23.3 Å². The van der Waals surface area contributed by atoms with E-state index in [0.29, 0.717) is 37.0 Å². The first-order chi connectivity index (χ1) is 29.2. The van der Waals surface area contributed by atoms with Gasteiger partial charge in [0.15, 0.2) is 0 Å². The second-order valence-electron chi connectivity index (χ2n) is 14.9. The summed E-state index contributed by atoms with van der Waals surface area (Å²) in [6.45, 7) is 5.09. The highest BCUT2D eigenvalue weighted by Crippen LogP contribution is 2.34. The second-order valence-corrected chi connectivity index (χ2v) is 14.9. The average Bonchev–Trinajstić information content (AvgIpc) is 3.48. The van der Waals surface area contributed by atoms with Gasteiger partial charge >= 0.3 is 6.18 Å². The topological polar surface area (TPSA) is 219 Å². The SMILES string of the molecule is Nc1ccc(-c2cccc(CN3CCN(CCNC(=O)CCNc4cccc5c4C(=O)N(C4CCC(=O)NC4=O)C5=O)CC3)c2)cc1NC(=O)c1c[nH]c(=O)cc1C(F)(F)F. The van der Waals surface area contributed by atoms with E-state index in [0.717, 1.165) is 48.4 Å². The molecule has 1 atom stereocenters. The van der Waals surface area contributed by atoms with Gasteiger partial charge in [0, 0.05) is 83.2 Å². The first-order valence-electron chi connectivity index (χ1n) is 19.6. The van der Waals surface area contributed by atoms with Crippen LogP contribution < -0.4 is 32.6 Å². The van der Waals surface area contributed by atoms with Crippen LogP contribution in [0.3, 0.4) is 0 Å². The van der Waals surface area contributed by atoms with Crippen molar-refractivity contribution in [1.82, 2.24) is 30.3 Å². The number of aromatic amines is 1. The number of carbonyl (C=O) groups is 6. The number of nitrogens with zero attached hydrogens (tertiary/aromatic N) is 3. The molecule has 3 aromatic carbocycles. The minimum Gasteiger partial charge on any atom is -0.397 e. The lowest BCUT2D eigenvalue weighted by molar-refractivity contribution is -0.138. The predicted octanol–water partition coefficient (Wildman–Crippen LogP) is 3.03. The number of amides is 6. The van der Waals surface area contributed by atoms with E-state index in [4.69, 9.17) is 5.73 Å². The fourth-order valence-corrected chi connectivity index (χ4v) is 7.62. The van der Waals surface area contributed by atoms with Crippen molar-refractivity contribution in [2.24, 2.45) is 0 Å². The first kappa shape index (κ1) is 42.3. The van der Waals surface area contributed by atoms with Crippen molar-refractivity contribution < 1.29 is 41.9 Å². The van der Waals surface area contributed by atoms with E-state index >= 15 is 0 Å². The van der Waals surface area contributed by atoms with E-state index in [1.165, 1.54) is 6.07 Å². The summed E-state index contributed by atoms with van der Waals surface area (Å²) in [6.07, 6.45) is -4.01. The molecule has 0 spiro atoms. The summed E-state index contributed by atoms with van der Waals surface area (Å²) in [5, 5.41) is 10.6. The number of halogens is 3. The molecular weight excluding hydrogens is 800 g/mol. The Morgan fingerprint density at radius 2 is 1.57 bits per heavy atom. The molecular formula is C42H42F3N9O7. The number of nitrogen functional groups attached to an aromatic ring is 1. The maximum atomic E-state index is 13.6. The highest BCUT2D eigenvalue weighted by molar-refractivity contribution is 6.25. The van der Waals surface area contributed by atoms with Gasteiger partial charge in [0.1, 0.15) is 6.04 Å². The van der Waals surface area contributed by atoms with E-state index in [1.54, 1.807) is 30.3 Å². The lowest BCUT2D eigenvalue weighted by Gasteiger charge is -2.34. The molecule has 0 radical (unpaired) electrons. The summed E-state index contributed by atoms with van der Waals surface area (Å²) < 4.78 is 40.7. The Hall–Kier alpha value is -6.86. The molecule has 61 heavy (non-hydrogen) atoms. The number of benzene rings is 3. The lowest BCUT2D eigenvalue weighted by atomic mass is 10.0. The normalized spacial score (nSPS) is 17.2. The number of alkyl halides is 3. The van der Waals surface area contributed by atoms with Crippen molar-refractivity contribution in [3.63, 3.8) is 0 Å². The highest BCUT2D eigenvalue weighted by Gasteiger charge is 2.45. The van der Waals surface area contributed by atoms with Crippen molar-refractivity contribution in [2.75, 3.05) is 62.2 Å². The molecule has 0 saturated carbocycles. The largest absolute Gasteiger partial charge is 0.417 e. The van der Waals surface area contributed by atoms with E-state index in [1.807, 2.05) is 24.3 Å². The summed E-state index contributed by atoms with van der Waals surface area (Å²) >= 11 is 0. The number of imide groups is 2. The summed E-state index contributed by atoms with van der Waals surface area (Å²) in [7, 11) is 0. The molecule has 16 nitrogen and oxygen atoms in total. The molecule has 4 heterocycles. The molecule has 7 N–H and O–H groups in total.